The average Bonchev–Trinajstić information content (AvgIpc) is 3.14. The first-order valence-corrected chi connectivity index (χ1v) is 9.48. The number of hydrogen-bond donors (Lipinski definition) is 2. The molecule has 2 N–H and O–H groups in total. The van der Waals surface area contributed by atoms with E-state index in [9.17, 15) is 0 Å². The first-order chi connectivity index (χ1) is 12.2. The minimum absolute atomic E-state index is 0. The molecular formula is C18H29BrIN3O3. The van der Waals surface area contributed by atoms with Crippen molar-refractivity contribution in [2.45, 2.75) is 31.9 Å². The molecule has 1 saturated heterocycles. The summed E-state index contributed by atoms with van der Waals surface area (Å²) >= 11 is 3.49. The highest BCUT2D eigenvalue weighted by Crippen LogP contribution is 2.22. The molecule has 0 bridgehead atoms. The van der Waals surface area contributed by atoms with Crippen LogP contribution in [0.3, 0.4) is 0 Å². The number of rotatable bonds is 9. The summed E-state index contributed by atoms with van der Waals surface area (Å²) in [4.78, 5) is 4.24. The largest absolute Gasteiger partial charge is 0.496 e. The van der Waals surface area contributed by atoms with Crippen LogP contribution in [0, 0.1) is 0 Å². The number of hydrogen-bond acceptors (Lipinski definition) is 4. The van der Waals surface area contributed by atoms with Crippen LogP contribution in [0.5, 0.6) is 5.75 Å². The molecule has 0 saturated carbocycles. The van der Waals surface area contributed by atoms with E-state index in [1.807, 2.05) is 18.2 Å². The molecule has 1 unspecified atom stereocenters. The average molecular weight is 542 g/mol. The number of ether oxygens (including phenoxy) is 3. The number of nitrogens with zero attached hydrogens (tertiary/aromatic N) is 1. The minimum atomic E-state index is 0. The lowest BCUT2D eigenvalue weighted by Crippen LogP contribution is -2.37. The molecule has 8 heteroatoms. The maximum Gasteiger partial charge on any atom is 0.191 e. The summed E-state index contributed by atoms with van der Waals surface area (Å²) in [5.74, 6) is 1.62. The van der Waals surface area contributed by atoms with Gasteiger partial charge in [-0.05, 0) is 37.5 Å². The van der Waals surface area contributed by atoms with Crippen LogP contribution in [0.15, 0.2) is 27.7 Å². The summed E-state index contributed by atoms with van der Waals surface area (Å²) < 4.78 is 17.6. The molecule has 0 amide bonds. The van der Waals surface area contributed by atoms with Crippen LogP contribution in [0.1, 0.15) is 24.8 Å². The maximum absolute atomic E-state index is 5.66. The molecule has 1 aliphatic rings. The van der Waals surface area contributed by atoms with Gasteiger partial charge in [-0.25, -0.2) is 0 Å². The van der Waals surface area contributed by atoms with Gasteiger partial charge in [0.15, 0.2) is 5.96 Å². The Bertz CT molecular complexity index is 554. The van der Waals surface area contributed by atoms with E-state index < -0.39 is 0 Å². The normalized spacial score (nSPS) is 16.9. The van der Waals surface area contributed by atoms with Crippen molar-refractivity contribution < 1.29 is 14.2 Å². The van der Waals surface area contributed by atoms with Crippen LogP contribution in [0.4, 0.5) is 0 Å². The van der Waals surface area contributed by atoms with E-state index in [-0.39, 0.29) is 24.0 Å². The third kappa shape index (κ3) is 8.41. The van der Waals surface area contributed by atoms with E-state index in [2.05, 4.69) is 31.6 Å². The topological polar surface area (TPSA) is 64.1 Å². The minimum Gasteiger partial charge on any atom is -0.496 e. The Morgan fingerprint density at radius 3 is 2.92 bits per heavy atom. The van der Waals surface area contributed by atoms with Gasteiger partial charge in [0.05, 0.1) is 19.8 Å². The first-order valence-electron chi connectivity index (χ1n) is 8.69. The summed E-state index contributed by atoms with van der Waals surface area (Å²) in [5.41, 5.74) is 1.07. The Kier molecular flexibility index (Phi) is 12.2. The highest BCUT2D eigenvalue weighted by Gasteiger charge is 2.14. The first kappa shape index (κ1) is 23.5. The van der Waals surface area contributed by atoms with Crippen molar-refractivity contribution in [3.8, 4) is 5.75 Å². The molecule has 148 valence electrons. The molecule has 0 aromatic heterocycles. The van der Waals surface area contributed by atoms with Crippen LogP contribution in [0.25, 0.3) is 0 Å². The molecular weight excluding hydrogens is 513 g/mol. The van der Waals surface area contributed by atoms with Crippen molar-refractivity contribution in [1.29, 1.82) is 0 Å². The summed E-state index contributed by atoms with van der Waals surface area (Å²) in [7, 11) is 3.44. The predicted octanol–water partition coefficient (Wildman–Crippen LogP) is 3.33. The molecule has 0 spiro atoms. The van der Waals surface area contributed by atoms with E-state index in [0.717, 1.165) is 60.8 Å². The van der Waals surface area contributed by atoms with Gasteiger partial charge in [0.2, 0.25) is 0 Å². The lowest BCUT2D eigenvalue weighted by molar-refractivity contribution is 0.0168. The zero-order valence-electron chi connectivity index (χ0n) is 15.4. The molecule has 1 aromatic carbocycles. The number of halogens is 2. The Morgan fingerprint density at radius 1 is 1.38 bits per heavy atom. The van der Waals surface area contributed by atoms with Gasteiger partial charge in [-0.2, -0.15) is 0 Å². The molecule has 0 radical (unpaired) electrons. The van der Waals surface area contributed by atoms with Gasteiger partial charge >= 0.3 is 0 Å². The van der Waals surface area contributed by atoms with E-state index in [1.54, 1.807) is 14.2 Å². The molecule has 1 fully saturated rings. The van der Waals surface area contributed by atoms with Crippen molar-refractivity contribution in [3.05, 3.63) is 28.2 Å². The third-order valence-electron chi connectivity index (χ3n) is 4.00. The van der Waals surface area contributed by atoms with Crippen LogP contribution >= 0.6 is 39.9 Å². The molecule has 2 rings (SSSR count). The highest BCUT2D eigenvalue weighted by atomic mass is 127. The molecule has 1 atom stereocenters. The van der Waals surface area contributed by atoms with E-state index in [0.29, 0.717) is 19.3 Å². The van der Waals surface area contributed by atoms with Gasteiger partial charge in [0.1, 0.15) is 5.75 Å². The van der Waals surface area contributed by atoms with Crippen molar-refractivity contribution >= 4 is 45.9 Å². The molecule has 1 aromatic rings. The van der Waals surface area contributed by atoms with E-state index in [4.69, 9.17) is 14.2 Å². The Morgan fingerprint density at radius 2 is 2.23 bits per heavy atom. The Balaban J connectivity index is 0.00000338. The van der Waals surface area contributed by atoms with Gasteiger partial charge in [-0.1, -0.05) is 15.9 Å². The van der Waals surface area contributed by atoms with Crippen LogP contribution in [-0.2, 0) is 16.0 Å². The number of benzene rings is 1. The van der Waals surface area contributed by atoms with E-state index >= 15 is 0 Å². The van der Waals surface area contributed by atoms with Crippen molar-refractivity contribution in [1.82, 2.24) is 10.6 Å². The fourth-order valence-corrected chi connectivity index (χ4v) is 3.06. The smallest absolute Gasteiger partial charge is 0.191 e. The van der Waals surface area contributed by atoms with Crippen LogP contribution < -0.4 is 15.4 Å². The van der Waals surface area contributed by atoms with Gasteiger partial charge in [0.25, 0.3) is 0 Å². The fraction of sp³-hybridized carbons (Fsp3) is 0.611. The second-order valence-corrected chi connectivity index (χ2v) is 6.79. The SMILES string of the molecule is CN=C(NCCCOCC1CCCO1)NCc1cc(Br)ccc1OC.I. The standard InChI is InChI=1S/C18H28BrN3O3.HI/c1-20-18(21-8-4-9-24-13-16-5-3-10-25-16)22-12-14-11-15(19)6-7-17(14)23-2;/h6-7,11,16H,3-5,8-10,12-13H2,1-2H3,(H2,20,21,22);1H. The second kappa shape index (κ2) is 13.6. The Labute approximate surface area is 181 Å². The Hall–Kier alpha value is -0.580. The van der Waals surface area contributed by atoms with Crippen molar-refractivity contribution in [3.63, 3.8) is 0 Å². The monoisotopic (exact) mass is 541 g/mol. The number of aliphatic imine (C=N–C) groups is 1. The fourth-order valence-electron chi connectivity index (χ4n) is 2.66. The predicted molar refractivity (Wildman–Crippen MR) is 119 cm³/mol. The van der Waals surface area contributed by atoms with Crippen LogP contribution in [-0.4, -0.2) is 52.6 Å². The highest BCUT2D eigenvalue weighted by molar-refractivity contribution is 14.0. The van der Waals surface area contributed by atoms with Crippen LogP contribution in [0.2, 0.25) is 0 Å². The number of guanidine groups is 1. The van der Waals surface area contributed by atoms with Crippen molar-refractivity contribution in [2.75, 3.05) is 40.5 Å². The number of nitrogens with one attached hydrogen (secondary N) is 2. The zero-order chi connectivity index (χ0) is 17.9. The lowest BCUT2D eigenvalue weighted by atomic mass is 10.2. The summed E-state index contributed by atoms with van der Waals surface area (Å²) in [6, 6.07) is 5.95. The van der Waals surface area contributed by atoms with Crippen molar-refractivity contribution in [2.24, 2.45) is 4.99 Å². The molecule has 6 nitrogen and oxygen atoms in total. The third-order valence-corrected chi connectivity index (χ3v) is 4.49. The molecule has 1 aliphatic heterocycles. The molecule has 0 aliphatic carbocycles. The maximum atomic E-state index is 5.66. The summed E-state index contributed by atoms with van der Waals surface area (Å²) in [5, 5.41) is 6.60. The summed E-state index contributed by atoms with van der Waals surface area (Å²) in [6.45, 7) is 3.75. The lowest BCUT2D eigenvalue weighted by Gasteiger charge is -2.14. The second-order valence-electron chi connectivity index (χ2n) is 5.87. The summed E-state index contributed by atoms with van der Waals surface area (Å²) in [6.07, 6.45) is 3.49. The van der Waals surface area contributed by atoms with Gasteiger partial charge in [-0.3, -0.25) is 4.99 Å². The van der Waals surface area contributed by atoms with E-state index in [1.165, 1.54) is 0 Å². The molecule has 26 heavy (non-hydrogen) atoms. The zero-order valence-corrected chi connectivity index (χ0v) is 19.3. The number of methoxy groups -OCH3 is 1. The van der Waals surface area contributed by atoms with Gasteiger partial charge in [0, 0.05) is 43.4 Å². The van der Waals surface area contributed by atoms with Gasteiger partial charge in [-0.15, -0.1) is 24.0 Å². The quantitative estimate of drug-likeness (QED) is 0.217. The van der Waals surface area contributed by atoms with Gasteiger partial charge < -0.3 is 24.8 Å². The molecule has 1 heterocycles.